The van der Waals surface area contributed by atoms with E-state index in [4.69, 9.17) is 4.74 Å². The molecule has 0 fully saturated rings. The molecule has 24 heavy (non-hydrogen) atoms. The third kappa shape index (κ3) is 5.95. The van der Waals surface area contributed by atoms with Gasteiger partial charge < -0.3 is 9.64 Å². The van der Waals surface area contributed by atoms with Crippen LogP contribution < -0.4 is 0 Å². The summed E-state index contributed by atoms with van der Waals surface area (Å²) in [7, 11) is 1.35. The van der Waals surface area contributed by atoms with Crippen molar-refractivity contribution in [3.8, 4) is 0 Å². The smallest absolute Gasteiger partial charge is 0.310 e. The van der Waals surface area contributed by atoms with Gasteiger partial charge in [0.25, 0.3) is 0 Å². The number of hydrogen-bond acceptors (Lipinski definition) is 3. The molecule has 0 saturated heterocycles. The molecular weight excluding hydrogens is 309 g/mol. The Hall–Kier alpha value is -1.91. The molecule has 0 N–H and O–H groups in total. The lowest BCUT2D eigenvalue weighted by Crippen LogP contribution is -2.41. The standard InChI is InChI=1S/C19H28FNO3/c1-5-16(6-2)18(22)21(13-14(3)19(23)24-4)12-11-15-7-9-17(20)10-8-15/h7-10,14,16H,5-6,11-13H2,1-4H3. The highest BCUT2D eigenvalue weighted by molar-refractivity contribution is 5.80. The molecule has 1 amide bonds. The van der Waals surface area contributed by atoms with E-state index in [2.05, 4.69) is 0 Å². The van der Waals surface area contributed by atoms with Gasteiger partial charge in [0, 0.05) is 19.0 Å². The number of halogens is 1. The minimum absolute atomic E-state index is 0.0388. The Labute approximate surface area is 144 Å². The number of carbonyl (C=O) groups excluding carboxylic acids is 2. The molecule has 5 heteroatoms. The van der Waals surface area contributed by atoms with Gasteiger partial charge in [0.15, 0.2) is 0 Å². The maximum absolute atomic E-state index is 13.0. The van der Waals surface area contributed by atoms with Crippen LogP contribution in [0.2, 0.25) is 0 Å². The summed E-state index contributed by atoms with van der Waals surface area (Å²) >= 11 is 0. The highest BCUT2D eigenvalue weighted by Crippen LogP contribution is 2.15. The Morgan fingerprint density at radius 2 is 1.75 bits per heavy atom. The van der Waals surface area contributed by atoms with Crippen molar-refractivity contribution >= 4 is 11.9 Å². The fourth-order valence-corrected chi connectivity index (χ4v) is 2.71. The minimum atomic E-state index is -0.374. The van der Waals surface area contributed by atoms with Gasteiger partial charge in [-0.2, -0.15) is 0 Å². The van der Waals surface area contributed by atoms with Crippen molar-refractivity contribution in [3.63, 3.8) is 0 Å². The predicted octanol–water partition coefficient (Wildman–Crippen LogP) is 3.44. The Morgan fingerprint density at radius 3 is 2.25 bits per heavy atom. The van der Waals surface area contributed by atoms with Crippen LogP contribution in [0.1, 0.15) is 39.2 Å². The number of rotatable bonds is 9. The highest BCUT2D eigenvalue weighted by atomic mass is 19.1. The molecule has 4 nitrogen and oxygen atoms in total. The molecule has 0 aliphatic carbocycles. The lowest BCUT2D eigenvalue weighted by Gasteiger charge is -2.28. The number of esters is 1. The van der Waals surface area contributed by atoms with E-state index >= 15 is 0 Å². The number of ether oxygens (including phenoxy) is 1. The van der Waals surface area contributed by atoms with Gasteiger partial charge in [-0.25, -0.2) is 4.39 Å². The van der Waals surface area contributed by atoms with Crippen molar-refractivity contribution in [2.75, 3.05) is 20.2 Å². The SMILES string of the molecule is CCC(CC)C(=O)N(CCc1ccc(F)cc1)CC(C)C(=O)OC. The molecule has 0 saturated carbocycles. The summed E-state index contributed by atoms with van der Waals surface area (Å²) in [6.45, 7) is 6.59. The topological polar surface area (TPSA) is 46.6 Å². The molecule has 1 aromatic carbocycles. The average Bonchev–Trinajstić information content (AvgIpc) is 2.59. The number of nitrogens with zero attached hydrogens (tertiary/aromatic N) is 1. The Morgan fingerprint density at radius 1 is 1.17 bits per heavy atom. The summed E-state index contributed by atoms with van der Waals surface area (Å²) in [4.78, 5) is 26.2. The second-order valence-corrected chi connectivity index (χ2v) is 6.10. The monoisotopic (exact) mass is 337 g/mol. The van der Waals surface area contributed by atoms with Crippen molar-refractivity contribution in [2.24, 2.45) is 11.8 Å². The summed E-state index contributed by atoms with van der Waals surface area (Å²) in [5.74, 6) is -0.940. The summed E-state index contributed by atoms with van der Waals surface area (Å²) < 4.78 is 17.8. The zero-order chi connectivity index (χ0) is 18.1. The highest BCUT2D eigenvalue weighted by Gasteiger charge is 2.25. The first-order valence-corrected chi connectivity index (χ1v) is 8.53. The molecule has 0 radical (unpaired) electrons. The Kier molecular flexibility index (Phi) is 8.44. The van der Waals surface area contributed by atoms with Crippen molar-refractivity contribution in [3.05, 3.63) is 35.6 Å². The number of benzene rings is 1. The second kappa shape index (κ2) is 10.1. The average molecular weight is 337 g/mol. The molecule has 134 valence electrons. The van der Waals surface area contributed by atoms with Gasteiger partial charge in [0.2, 0.25) is 5.91 Å². The summed E-state index contributed by atoms with van der Waals surface area (Å²) in [6, 6.07) is 6.27. The molecular formula is C19H28FNO3. The Bertz CT molecular complexity index is 526. The van der Waals surface area contributed by atoms with E-state index < -0.39 is 0 Å². The van der Waals surface area contributed by atoms with Crippen LogP contribution in [0, 0.1) is 17.7 Å². The number of methoxy groups -OCH3 is 1. The van der Waals surface area contributed by atoms with Gasteiger partial charge in [-0.1, -0.05) is 32.9 Å². The first-order chi connectivity index (χ1) is 11.4. The van der Waals surface area contributed by atoms with E-state index in [1.165, 1.54) is 19.2 Å². The molecule has 0 bridgehead atoms. The third-order valence-electron chi connectivity index (χ3n) is 4.33. The second-order valence-electron chi connectivity index (χ2n) is 6.10. The number of hydrogen-bond donors (Lipinski definition) is 0. The van der Waals surface area contributed by atoms with Crippen LogP contribution in [0.5, 0.6) is 0 Å². The maximum Gasteiger partial charge on any atom is 0.310 e. The van der Waals surface area contributed by atoms with E-state index in [-0.39, 0.29) is 29.5 Å². The van der Waals surface area contributed by atoms with Crippen LogP contribution in [-0.4, -0.2) is 37.0 Å². The normalized spacial score (nSPS) is 12.1. The van der Waals surface area contributed by atoms with Gasteiger partial charge in [0.05, 0.1) is 13.0 Å². The molecule has 1 unspecified atom stereocenters. The van der Waals surface area contributed by atoms with Crippen molar-refractivity contribution in [1.82, 2.24) is 4.90 Å². The fraction of sp³-hybridized carbons (Fsp3) is 0.579. The zero-order valence-corrected chi connectivity index (χ0v) is 15.0. The van der Waals surface area contributed by atoms with Gasteiger partial charge in [-0.3, -0.25) is 9.59 Å². The molecule has 0 aliphatic rings. The minimum Gasteiger partial charge on any atom is -0.469 e. The molecule has 1 rings (SSSR count). The number of carbonyl (C=O) groups is 2. The van der Waals surface area contributed by atoms with Crippen LogP contribution in [0.4, 0.5) is 4.39 Å². The molecule has 0 heterocycles. The van der Waals surface area contributed by atoms with Gasteiger partial charge >= 0.3 is 5.97 Å². The van der Waals surface area contributed by atoms with Crippen LogP contribution in [0.3, 0.4) is 0 Å². The Balaban J connectivity index is 2.81. The molecule has 1 atom stereocenters. The van der Waals surface area contributed by atoms with Crippen LogP contribution in [-0.2, 0) is 20.7 Å². The lowest BCUT2D eigenvalue weighted by molar-refractivity contribution is -0.147. The zero-order valence-electron chi connectivity index (χ0n) is 15.0. The summed E-state index contributed by atoms with van der Waals surface area (Å²) in [5.41, 5.74) is 0.962. The first-order valence-electron chi connectivity index (χ1n) is 8.53. The lowest BCUT2D eigenvalue weighted by atomic mass is 10.0. The molecule has 0 aromatic heterocycles. The third-order valence-corrected chi connectivity index (χ3v) is 4.33. The number of amides is 1. The van der Waals surface area contributed by atoms with Crippen molar-refractivity contribution < 1.29 is 18.7 Å². The van der Waals surface area contributed by atoms with Gasteiger partial charge in [0.1, 0.15) is 5.82 Å². The fourth-order valence-electron chi connectivity index (χ4n) is 2.71. The molecule has 0 aliphatic heterocycles. The van der Waals surface area contributed by atoms with E-state index in [9.17, 15) is 14.0 Å². The van der Waals surface area contributed by atoms with E-state index in [1.54, 1.807) is 24.0 Å². The summed E-state index contributed by atoms with van der Waals surface area (Å²) in [6.07, 6.45) is 2.17. The van der Waals surface area contributed by atoms with Gasteiger partial charge in [-0.15, -0.1) is 0 Å². The molecule has 1 aromatic rings. The largest absolute Gasteiger partial charge is 0.469 e. The van der Waals surface area contributed by atoms with Crippen molar-refractivity contribution in [1.29, 1.82) is 0 Å². The van der Waals surface area contributed by atoms with Crippen molar-refractivity contribution in [2.45, 2.75) is 40.0 Å². The van der Waals surface area contributed by atoms with E-state index in [0.29, 0.717) is 19.5 Å². The van der Waals surface area contributed by atoms with Crippen LogP contribution >= 0.6 is 0 Å². The first kappa shape index (κ1) is 20.1. The predicted molar refractivity (Wildman–Crippen MR) is 91.9 cm³/mol. The van der Waals surface area contributed by atoms with E-state index in [0.717, 1.165) is 18.4 Å². The van der Waals surface area contributed by atoms with E-state index in [1.807, 2.05) is 13.8 Å². The molecule has 0 spiro atoms. The maximum atomic E-state index is 13.0. The summed E-state index contributed by atoms with van der Waals surface area (Å²) in [5, 5.41) is 0. The van der Waals surface area contributed by atoms with Crippen LogP contribution in [0.25, 0.3) is 0 Å². The van der Waals surface area contributed by atoms with Gasteiger partial charge in [-0.05, 0) is 37.0 Å². The quantitative estimate of drug-likeness (QED) is 0.649. The van der Waals surface area contributed by atoms with Crippen LogP contribution in [0.15, 0.2) is 24.3 Å².